The Morgan fingerprint density at radius 2 is 2.06 bits per heavy atom. The van der Waals surface area contributed by atoms with Crippen LogP contribution < -0.4 is 21.3 Å². The van der Waals surface area contributed by atoms with E-state index in [0.717, 1.165) is 13.0 Å². The molecule has 182 valence electrons. The van der Waals surface area contributed by atoms with E-state index in [1.54, 1.807) is 24.7 Å². The lowest BCUT2D eigenvalue weighted by Gasteiger charge is -2.15. The van der Waals surface area contributed by atoms with Crippen molar-refractivity contribution in [2.24, 2.45) is 5.73 Å². The Bertz CT molecular complexity index is 1340. The highest BCUT2D eigenvalue weighted by Crippen LogP contribution is 2.40. The van der Waals surface area contributed by atoms with Crippen molar-refractivity contribution in [1.29, 1.82) is 0 Å². The zero-order valence-corrected chi connectivity index (χ0v) is 20.5. The van der Waals surface area contributed by atoms with Crippen molar-refractivity contribution in [3.8, 4) is 22.4 Å². The number of amides is 2. The number of hydrogen-bond acceptors (Lipinski definition) is 8. The lowest BCUT2D eigenvalue weighted by atomic mass is 10.0. The van der Waals surface area contributed by atoms with E-state index in [1.807, 2.05) is 30.0 Å². The van der Waals surface area contributed by atoms with Crippen LogP contribution in [0.25, 0.3) is 32.6 Å². The number of anilines is 2. The number of benzene rings is 1. The lowest BCUT2D eigenvalue weighted by Crippen LogP contribution is -2.28. The van der Waals surface area contributed by atoms with E-state index >= 15 is 4.39 Å². The normalized spacial score (nSPS) is 15.2. The SMILES string of the molecule is CCNC(=O)Nc1nc2c(F)c(-c3cnc(N4CCC(N)C4)nc3)cc(-c3ccccn3)c2s1.Cl. The zero-order valence-electron chi connectivity index (χ0n) is 18.9. The molecule has 4 N–H and O–H groups in total. The van der Waals surface area contributed by atoms with E-state index in [9.17, 15) is 4.79 Å². The first-order valence-electron chi connectivity index (χ1n) is 11.0. The number of pyridine rings is 1. The van der Waals surface area contributed by atoms with Crippen LogP contribution in [-0.4, -0.2) is 51.6 Å². The largest absolute Gasteiger partial charge is 0.339 e. The number of rotatable bonds is 5. The zero-order chi connectivity index (χ0) is 23.7. The van der Waals surface area contributed by atoms with Crippen molar-refractivity contribution < 1.29 is 9.18 Å². The summed E-state index contributed by atoms with van der Waals surface area (Å²) in [5, 5.41) is 5.62. The molecular weight excluding hydrogens is 491 g/mol. The molecule has 4 aromatic rings. The van der Waals surface area contributed by atoms with Gasteiger partial charge in [-0.2, -0.15) is 0 Å². The number of fused-ring (bicyclic) bond motifs is 1. The molecule has 9 nitrogen and oxygen atoms in total. The third kappa shape index (κ3) is 5.02. The molecule has 1 aliphatic heterocycles. The monoisotopic (exact) mass is 514 g/mol. The molecule has 0 saturated carbocycles. The summed E-state index contributed by atoms with van der Waals surface area (Å²) in [5.41, 5.74) is 8.36. The Kier molecular flexibility index (Phi) is 7.39. The predicted molar refractivity (Wildman–Crippen MR) is 139 cm³/mol. The second-order valence-electron chi connectivity index (χ2n) is 7.95. The molecule has 1 atom stereocenters. The summed E-state index contributed by atoms with van der Waals surface area (Å²) in [7, 11) is 0. The average molecular weight is 515 g/mol. The first-order chi connectivity index (χ1) is 16.5. The molecule has 1 aliphatic rings. The Hall–Kier alpha value is -3.41. The number of halogens is 2. The second-order valence-corrected chi connectivity index (χ2v) is 8.95. The topological polar surface area (TPSA) is 122 Å². The molecule has 12 heteroatoms. The minimum absolute atomic E-state index is 0. The Labute approximate surface area is 211 Å². The molecule has 5 rings (SSSR count). The molecule has 0 spiro atoms. The molecule has 3 aromatic heterocycles. The summed E-state index contributed by atoms with van der Waals surface area (Å²) in [6, 6.07) is 6.98. The van der Waals surface area contributed by atoms with Gasteiger partial charge in [0.2, 0.25) is 5.95 Å². The number of aromatic nitrogens is 4. The lowest BCUT2D eigenvalue weighted by molar-refractivity contribution is 0.252. The Balaban J connectivity index is 0.00000289. The number of thiazole rings is 1. The predicted octanol–water partition coefficient (Wildman–Crippen LogP) is 4.06. The smallest absolute Gasteiger partial charge is 0.321 e. The molecule has 35 heavy (non-hydrogen) atoms. The molecule has 4 heterocycles. The Morgan fingerprint density at radius 3 is 2.71 bits per heavy atom. The fraction of sp³-hybridized carbons (Fsp3) is 0.261. The highest BCUT2D eigenvalue weighted by Gasteiger charge is 2.23. The first kappa shape index (κ1) is 24.7. The van der Waals surface area contributed by atoms with Gasteiger partial charge in [0.1, 0.15) is 5.52 Å². The number of carbonyl (C=O) groups excluding carboxylic acids is 1. The number of carbonyl (C=O) groups is 1. The number of nitrogens with zero attached hydrogens (tertiary/aromatic N) is 5. The third-order valence-corrected chi connectivity index (χ3v) is 6.56. The number of urea groups is 1. The van der Waals surface area contributed by atoms with Gasteiger partial charge in [0.15, 0.2) is 10.9 Å². The summed E-state index contributed by atoms with van der Waals surface area (Å²) >= 11 is 1.20. The van der Waals surface area contributed by atoms with E-state index in [0.29, 0.717) is 51.3 Å². The van der Waals surface area contributed by atoms with Gasteiger partial charge >= 0.3 is 6.03 Å². The van der Waals surface area contributed by atoms with E-state index in [4.69, 9.17) is 5.73 Å². The summed E-state index contributed by atoms with van der Waals surface area (Å²) in [6.45, 7) is 3.77. The van der Waals surface area contributed by atoms with Gasteiger partial charge in [0, 0.05) is 61.0 Å². The fourth-order valence-electron chi connectivity index (χ4n) is 3.92. The van der Waals surface area contributed by atoms with Crippen LogP contribution >= 0.6 is 23.7 Å². The minimum atomic E-state index is -0.505. The highest BCUT2D eigenvalue weighted by atomic mass is 35.5. The van der Waals surface area contributed by atoms with Gasteiger partial charge in [-0.3, -0.25) is 10.3 Å². The third-order valence-electron chi connectivity index (χ3n) is 5.56. The molecule has 0 aliphatic carbocycles. The van der Waals surface area contributed by atoms with Crippen molar-refractivity contribution in [2.75, 3.05) is 29.9 Å². The van der Waals surface area contributed by atoms with Gasteiger partial charge in [-0.15, -0.1) is 12.4 Å². The van der Waals surface area contributed by atoms with Crippen LogP contribution in [0.4, 0.5) is 20.3 Å². The van der Waals surface area contributed by atoms with Crippen molar-refractivity contribution in [3.63, 3.8) is 0 Å². The van der Waals surface area contributed by atoms with Crippen molar-refractivity contribution in [2.45, 2.75) is 19.4 Å². The molecule has 0 radical (unpaired) electrons. The number of nitrogens with two attached hydrogens (primary N) is 1. The van der Waals surface area contributed by atoms with Crippen LogP contribution in [0.5, 0.6) is 0 Å². The molecule has 1 unspecified atom stereocenters. The molecule has 1 saturated heterocycles. The molecular formula is C23H24ClFN8OS. The quantitative estimate of drug-likeness (QED) is 0.367. The highest BCUT2D eigenvalue weighted by molar-refractivity contribution is 7.22. The Morgan fingerprint density at radius 1 is 1.26 bits per heavy atom. The van der Waals surface area contributed by atoms with E-state index < -0.39 is 11.8 Å². The van der Waals surface area contributed by atoms with Crippen molar-refractivity contribution in [3.05, 3.63) is 48.7 Å². The molecule has 0 bridgehead atoms. The van der Waals surface area contributed by atoms with Gasteiger partial charge < -0.3 is 16.0 Å². The molecule has 1 fully saturated rings. The van der Waals surface area contributed by atoms with Crippen molar-refractivity contribution >= 4 is 51.1 Å². The standard InChI is InChI=1S/C23H23FN8OS.ClH/c1-2-26-22(33)31-23-30-19-18(24)15(9-16(20(19)34-23)17-5-3-4-7-27-17)13-10-28-21(29-11-13)32-8-6-14(25)12-32;/h3-5,7,9-11,14H,2,6,8,12,25H2,1H3,(H2,26,30,31,33);1H. The van der Waals surface area contributed by atoms with Crippen LogP contribution in [0.2, 0.25) is 0 Å². The van der Waals surface area contributed by atoms with E-state index in [1.165, 1.54) is 11.3 Å². The maximum atomic E-state index is 15.7. The summed E-state index contributed by atoms with van der Waals surface area (Å²) < 4.78 is 16.3. The maximum Gasteiger partial charge on any atom is 0.321 e. The number of hydrogen-bond donors (Lipinski definition) is 3. The van der Waals surface area contributed by atoms with E-state index in [2.05, 4.69) is 30.6 Å². The molecule has 2 amide bonds. The van der Waals surface area contributed by atoms with Crippen molar-refractivity contribution in [1.82, 2.24) is 25.3 Å². The minimum Gasteiger partial charge on any atom is -0.339 e. The van der Waals surface area contributed by atoms with Gasteiger partial charge in [0.05, 0.1) is 10.4 Å². The number of nitrogens with one attached hydrogen (secondary N) is 2. The van der Waals surface area contributed by atoms with Crippen LogP contribution in [0.1, 0.15) is 13.3 Å². The summed E-state index contributed by atoms with van der Waals surface area (Å²) in [4.78, 5) is 31.7. The molecule has 1 aromatic carbocycles. The van der Waals surface area contributed by atoms with Crippen LogP contribution in [0.3, 0.4) is 0 Å². The second kappa shape index (κ2) is 10.5. The van der Waals surface area contributed by atoms with Crippen LogP contribution in [0, 0.1) is 5.82 Å². The van der Waals surface area contributed by atoms with Gasteiger partial charge in [-0.05, 0) is 31.5 Å². The maximum absolute atomic E-state index is 15.7. The first-order valence-corrected chi connectivity index (χ1v) is 11.8. The fourth-order valence-corrected chi connectivity index (χ4v) is 4.90. The van der Waals surface area contributed by atoms with Gasteiger partial charge in [0.25, 0.3) is 0 Å². The van der Waals surface area contributed by atoms with Crippen LogP contribution in [-0.2, 0) is 0 Å². The summed E-state index contributed by atoms with van der Waals surface area (Å²) in [6.07, 6.45) is 5.79. The summed E-state index contributed by atoms with van der Waals surface area (Å²) in [5.74, 6) is 0.0691. The van der Waals surface area contributed by atoms with E-state index in [-0.39, 0.29) is 24.0 Å². The van der Waals surface area contributed by atoms with Gasteiger partial charge in [-0.1, -0.05) is 17.4 Å². The average Bonchev–Trinajstić information content (AvgIpc) is 3.47. The van der Waals surface area contributed by atoms with Gasteiger partial charge in [-0.25, -0.2) is 24.1 Å². The van der Waals surface area contributed by atoms with Crippen LogP contribution in [0.15, 0.2) is 42.9 Å².